The van der Waals surface area contributed by atoms with Crippen molar-refractivity contribution in [2.75, 3.05) is 20.3 Å². The molecule has 1 fully saturated rings. The number of carbonyl (C=O) groups excluding carboxylic acids is 1. The lowest BCUT2D eigenvalue weighted by molar-refractivity contribution is -0.143. The molecule has 0 unspecified atom stereocenters. The largest absolute Gasteiger partial charge is 0.497 e. The highest BCUT2D eigenvalue weighted by Gasteiger charge is 2.32. The maximum absolute atomic E-state index is 12.6. The number of hydrogen-bond acceptors (Lipinski definition) is 3. The smallest absolute Gasteiger partial charge is 0.251 e. The van der Waals surface area contributed by atoms with Crippen LogP contribution in [0.25, 0.3) is 0 Å². The van der Waals surface area contributed by atoms with E-state index in [0.717, 1.165) is 37.1 Å². The molecule has 0 saturated carbocycles. The fourth-order valence-corrected chi connectivity index (χ4v) is 2.84. The number of amides is 1. The summed E-state index contributed by atoms with van der Waals surface area (Å²) in [4.78, 5) is 14.5. The summed E-state index contributed by atoms with van der Waals surface area (Å²) in [5.74, 6) is 0.906. The lowest BCUT2D eigenvalue weighted by Gasteiger charge is -2.28. The third kappa shape index (κ3) is 3.89. The summed E-state index contributed by atoms with van der Waals surface area (Å²) in [5, 5.41) is 0. The minimum absolute atomic E-state index is 0.0716. The Morgan fingerprint density at radius 2 is 2.18 bits per heavy atom. The van der Waals surface area contributed by atoms with E-state index >= 15 is 0 Å². The molecular weight excluding hydrogens is 278 g/mol. The monoisotopic (exact) mass is 303 g/mol. The van der Waals surface area contributed by atoms with Gasteiger partial charge in [-0.25, -0.2) is 0 Å². The van der Waals surface area contributed by atoms with Gasteiger partial charge in [-0.15, -0.1) is 6.58 Å². The molecule has 1 aliphatic rings. The molecule has 2 rings (SSSR count). The molecule has 1 heterocycles. The zero-order valence-electron chi connectivity index (χ0n) is 13.5. The van der Waals surface area contributed by atoms with Gasteiger partial charge in [-0.05, 0) is 43.9 Å². The average molecular weight is 303 g/mol. The van der Waals surface area contributed by atoms with E-state index in [1.165, 1.54) is 0 Å². The fourth-order valence-electron chi connectivity index (χ4n) is 2.84. The van der Waals surface area contributed by atoms with Crippen molar-refractivity contribution in [3.05, 3.63) is 42.5 Å². The van der Waals surface area contributed by atoms with Crippen molar-refractivity contribution in [2.24, 2.45) is 0 Å². The topological polar surface area (TPSA) is 38.8 Å². The molecule has 120 valence electrons. The van der Waals surface area contributed by atoms with Gasteiger partial charge in [-0.3, -0.25) is 4.79 Å². The van der Waals surface area contributed by atoms with Crippen molar-refractivity contribution in [2.45, 2.75) is 38.3 Å². The molecule has 22 heavy (non-hydrogen) atoms. The maximum atomic E-state index is 12.6. The van der Waals surface area contributed by atoms with Gasteiger partial charge < -0.3 is 14.4 Å². The van der Waals surface area contributed by atoms with Crippen LogP contribution < -0.4 is 4.74 Å². The molecule has 1 amide bonds. The Bertz CT molecular complexity index is 498. The van der Waals surface area contributed by atoms with Crippen molar-refractivity contribution >= 4 is 5.91 Å². The molecule has 0 bridgehead atoms. The van der Waals surface area contributed by atoms with Gasteiger partial charge in [0.1, 0.15) is 11.9 Å². The zero-order valence-corrected chi connectivity index (χ0v) is 13.5. The first-order valence-electron chi connectivity index (χ1n) is 7.84. The summed E-state index contributed by atoms with van der Waals surface area (Å²) in [6.07, 6.45) is 4.19. The quantitative estimate of drug-likeness (QED) is 0.573. The fraction of sp³-hybridized carbons (Fsp3) is 0.500. The Hall–Kier alpha value is -1.81. The number of rotatable bonds is 7. The highest BCUT2D eigenvalue weighted by atomic mass is 16.5. The van der Waals surface area contributed by atoms with Crippen molar-refractivity contribution < 1.29 is 14.3 Å². The van der Waals surface area contributed by atoms with Gasteiger partial charge in [0.15, 0.2) is 0 Å². The lowest BCUT2D eigenvalue weighted by atomic mass is 10.0. The predicted octanol–water partition coefficient (Wildman–Crippen LogP) is 3.34. The normalized spacial score (nSPS) is 19.0. The first-order chi connectivity index (χ1) is 10.7. The van der Waals surface area contributed by atoms with Gasteiger partial charge in [0.2, 0.25) is 0 Å². The van der Waals surface area contributed by atoms with Crippen molar-refractivity contribution in [3.63, 3.8) is 0 Å². The van der Waals surface area contributed by atoms with E-state index in [9.17, 15) is 4.79 Å². The van der Waals surface area contributed by atoms with E-state index in [0.29, 0.717) is 6.61 Å². The van der Waals surface area contributed by atoms with E-state index in [2.05, 4.69) is 6.58 Å². The van der Waals surface area contributed by atoms with Gasteiger partial charge in [-0.1, -0.05) is 18.2 Å². The van der Waals surface area contributed by atoms with E-state index in [1.54, 1.807) is 13.2 Å². The molecule has 0 N–H and O–H groups in total. The van der Waals surface area contributed by atoms with E-state index < -0.39 is 6.10 Å². The second-order valence-corrected chi connectivity index (χ2v) is 5.55. The molecule has 4 nitrogen and oxygen atoms in total. The number of likely N-dealkylation sites (tertiary alicyclic amines) is 1. The second kappa shape index (κ2) is 7.99. The van der Waals surface area contributed by atoms with Gasteiger partial charge in [0.25, 0.3) is 5.91 Å². The van der Waals surface area contributed by atoms with E-state index in [-0.39, 0.29) is 11.9 Å². The number of carbonyl (C=O) groups is 1. The first-order valence-corrected chi connectivity index (χ1v) is 7.84. The van der Waals surface area contributed by atoms with Crippen LogP contribution in [0.2, 0.25) is 0 Å². The summed E-state index contributed by atoms with van der Waals surface area (Å²) >= 11 is 0. The average Bonchev–Trinajstić information content (AvgIpc) is 3.03. The van der Waals surface area contributed by atoms with Gasteiger partial charge in [-0.2, -0.15) is 0 Å². The minimum Gasteiger partial charge on any atom is -0.497 e. The predicted molar refractivity (Wildman–Crippen MR) is 86.9 cm³/mol. The van der Waals surface area contributed by atoms with Crippen molar-refractivity contribution in [1.29, 1.82) is 0 Å². The number of ether oxygens (including phenoxy) is 2. The van der Waals surface area contributed by atoms with E-state index in [1.807, 2.05) is 36.1 Å². The Morgan fingerprint density at radius 3 is 2.82 bits per heavy atom. The molecular formula is C18H25NO3. The van der Waals surface area contributed by atoms with Crippen LogP contribution in [0.3, 0.4) is 0 Å². The van der Waals surface area contributed by atoms with Crippen LogP contribution in [0.5, 0.6) is 5.75 Å². The third-order valence-electron chi connectivity index (χ3n) is 4.07. The van der Waals surface area contributed by atoms with Crippen LogP contribution in [0.1, 0.15) is 37.8 Å². The minimum atomic E-state index is -0.404. The number of benzene rings is 1. The van der Waals surface area contributed by atoms with Crippen LogP contribution >= 0.6 is 0 Å². The third-order valence-corrected chi connectivity index (χ3v) is 4.07. The van der Waals surface area contributed by atoms with Crippen LogP contribution in [-0.4, -0.2) is 37.2 Å². The Balaban J connectivity index is 2.02. The van der Waals surface area contributed by atoms with Gasteiger partial charge >= 0.3 is 0 Å². The Kier molecular flexibility index (Phi) is 6.01. The molecule has 4 heteroatoms. The number of hydrogen-bond donors (Lipinski definition) is 0. The zero-order chi connectivity index (χ0) is 15.9. The van der Waals surface area contributed by atoms with Gasteiger partial charge in [0, 0.05) is 6.54 Å². The van der Waals surface area contributed by atoms with Crippen molar-refractivity contribution in [3.8, 4) is 5.75 Å². The lowest BCUT2D eigenvalue weighted by Crippen LogP contribution is -2.38. The molecule has 1 aromatic rings. The summed E-state index contributed by atoms with van der Waals surface area (Å²) < 4.78 is 10.8. The molecule has 0 aromatic heterocycles. The van der Waals surface area contributed by atoms with E-state index in [4.69, 9.17) is 9.47 Å². The van der Waals surface area contributed by atoms with Crippen LogP contribution in [0.4, 0.5) is 0 Å². The molecule has 0 spiro atoms. The molecule has 1 aliphatic heterocycles. The summed E-state index contributed by atoms with van der Waals surface area (Å²) in [6, 6.07) is 8.11. The van der Waals surface area contributed by atoms with Crippen molar-refractivity contribution in [1.82, 2.24) is 4.90 Å². The number of nitrogens with zero attached hydrogens (tertiary/aromatic N) is 1. The Morgan fingerprint density at radius 1 is 1.45 bits per heavy atom. The summed E-state index contributed by atoms with van der Waals surface area (Å²) in [6.45, 7) is 6.82. The second-order valence-electron chi connectivity index (χ2n) is 5.55. The van der Waals surface area contributed by atoms with Crippen LogP contribution in [0.15, 0.2) is 36.9 Å². The van der Waals surface area contributed by atoms with Gasteiger partial charge in [0.05, 0.1) is 19.8 Å². The standard InChI is InChI=1S/C18H25NO3/c1-4-5-13-22-14(2)18(20)19-12-6-7-17(19)15-8-10-16(21-3)11-9-15/h4,8-11,14,17H,1,5-7,12-13H2,2-3H3/t14-,17+/m0/s1. The molecule has 2 atom stereocenters. The number of methoxy groups -OCH3 is 1. The summed E-state index contributed by atoms with van der Waals surface area (Å²) in [7, 11) is 1.66. The van der Waals surface area contributed by atoms with Crippen LogP contribution in [0, 0.1) is 0 Å². The molecule has 1 saturated heterocycles. The van der Waals surface area contributed by atoms with Crippen LogP contribution in [-0.2, 0) is 9.53 Å². The molecule has 0 aliphatic carbocycles. The SMILES string of the molecule is C=CCCO[C@@H](C)C(=O)N1CCC[C@@H]1c1ccc(OC)cc1. The first kappa shape index (κ1) is 16.6. The molecule has 0 radical (unpaired) electrons. The summed E-state index contributed by atoms with van der Waals surface area (Å²) in [5.41, 5.74) is 1.16. The molecule has 1 aromatic carbocycles. The maximum Gasteiger partial charge on any atom is 0.251 e. The highest BCUT2D eigenvalue weighted by molar-refractivity contribution is 5.81. The highest BCUT2D eigenvalue weighted by Crippen LogP contribution is 2.33. The Labute approximate surface area is 132 Å².